The van der Waals surface area contributed by atoms with E-state index in [2.05, 4.69) is 25.9 Å². The lowest BCUT2D eigenvalue weighted by Gasteiger charge is -2.31. The molecule has 2 aliphatic rings. The zero-order valence-corrected chi connectivity index (χ0v) is 21.1. The van der Waals surface area contributed by atoms with Crippen molar-refractivity contribution in [1.29, 1.82) is 0 Å². The molecule has 37 heavy (non-hydrogen) atoms. The molecule has 1 amide bonds. The van der Waals surface area contributed by atoms with Gasteiger partial charge in [-0.25, -0.2) is 18.7 Å². The topological polar surface area (TPSA) is 106 Å². The van der Waals surface area contributed by atoms with E-state index in [-0.39, 0.29) is 29.7 Å². The third-order valence-electron chi connectivity index (χ3n) is 7.42. The van der Waals surface area contributed by atoms with Crippen LogP contribution in [0.15, 0.2) is 24.4 Å². The molecular weight excluding hydrogens is 480 g/mol. The van der Waals surface area contributed by atoms with Gasteiger partial charge < -0.3 is 20.7 Å². The molecule has 0 spiro atoms. The number of benzene rings is 1. The van der Waals surface area contributed by atoms with Crippen molar-refractivity contribution in [3.8, 4) is 0 Å². The highest BCUT2D eigenvalue weighted by Gasteiger charge is 2.28. The van der Waals surface area contributed by atoms with Gasteiger partial charge >= 0.3 is 0 Å². The first-order valence-electron chi connectivity index (χ1n) is 12.9. The Morgan fingerprint density at radius 3 is 2.43 bits per heavy atom. The van der Waals surface area contributed by atoms with Crippen molar-refractivity contribution >= 4 is 34.7 Å². The molecule has 198 valence electrons. The van der Waals surface area contributed by atoms with Gasteiger partial charge in [-0.1, -0.05) is 0 Å². The molecule has 2 aromatic heterocycles. The summed E-state index contributed by atoms with van der Waals surface area (Å²) < 4.78 is 35.4. The van der Waals surface area contributed by atoms with Crippen LogP contribution in [0.2, 0.25) is 0 Å². The van der Waals surface area contributed by atoms with Crippen LogP contribution in [-0.4, -0.2) is 50.7 Å². The predicted octanol–water partition coefficient (Wildman–Crippen LogP) is 4.84. The van der Waals surface area contributed by atoms with Gasteiger partial charge in [-0.15, -0.1) is 0 Å². The van der Waals surface area contributed by atoms with Crippen LogP contribution in [0, 0.1) is 11.6 Å². The standard InChI is InChI=1S/C26H33F2N7O2/c1-15(36)30-17-4-8-19(9-5-17)35-24-23(33-26(35)32-22-12-3-16(27)13-21(22)28)14-29-25(34-24)31-18-6-10-20(37-2)11-7-18/h3,12-14,17-20H,4-11H2,1-2H3,(H,30,36)(H,32,33)(H,29,31,34). The molecule has 5 rings (SSSR count). The summed E-state index contributed by atoms with van der Waals surface area (Å²) in [6.07, 6.45) is 9.13. The van der Waals surface area contributed by atoms with Crippen molar-refractivity contribution in [2.45, 2.75) is 82.5 Å². The predicted molar refractivity (Wildman–Crippen MR) is 137 cm³/mol. The van der Waals surface area contributed by atoms with Gasteiger partial charge in [-0.05, 0) is 63.5 Å². The van der Waals surface area contributed by atoms with E-state index in [1.54, 1.807) is 13.3 Å². The van der Waals surface area contributed by atoms with Crippen LogP contribution in [-0.2, 0) is 9.53 Å². The first-order valence-corrected chi connectivity index (χ1v) is 12.9. The molecule has 0 bridgehead atoms. The van der Waals surface area contributed by atoms with Crippen LogP contribution in [0.3, 0.4) is 0 Å². The fourth-order valence-electron chi connectivity index (χ4n) is 5.50. The minimum atomic E-state index is -0.701. The molecule has 9 nitrogen and oxygen atoms in total. The van der Waals surface area contributed by atoms with E-state index in [0.29, 0.717) is 29.2 Å². The number of hydrogen-bond donors (Lipinski definition) is 3. The zero-order chi connectivity index (χ0) is 25.9. The average molecular weight is 514 g/mol. The molecule has 3 aromatic rings. The van der Waals surface area contributed by atoms with Gasteiger partial charge in [-0.3, -0.25) is 9.36 Å². The number of nitrogens with zero attached hydrogens (tertiary/aromatic N) is 4. The fraction of sp³-hybridized carbons (Fsp3) is 0.538. The highest BCUT2D eigenvalue weighted by atomic mass is 19.1. The van der Waals surface area contributed by atoms with Crippen molar-refractivity contribution in [2.24, 2.45) is 0 Å². The third kappa shape index (κ3) is 5.82. The summed E-state index contributed by atoms with van der Waals surface area (Å²) >= 11 is 0. The van der Waals surface area contributed by atoms with Crippen molar-refractivity contribution < 1.29 is 18.3 Å². The maximum Gasteiger partial charge on any atom is 0.224 e. The largest absolute Gasteiger partial charge is 0.381 e. The maximum atomic E-state index is 14.5. The quantitative estimate of drug-likeness (QED) is 0.415. The highest BCUT2D eigenvalue weighted by Crippen LogP contribution is 2.35. The number of halogens is 2. The number of amides is 1. The fourth-order valence-corrected chi connectivity index (χ4v) is 5.50. The Bertz CT molecular complexity index is 1250. The second-order valence-corrected chi connectivity index (χ2v) is 10.0. The van der Waals surface area contributed by atoms with E-state index in [1.807, 2.05) is 4.57 Å². The van der Waals surface area contributed by atoms with E-state index in [0.717, 1.165) is 57.4 Å². The average Bonchev–Trinajstić information content (AvgIpc) is 3.23. The van der Waals surface area contributed by atoms with Gasteiger partial charge in [0.2, 0.25) is 17.8 Å². The summed E-state index contributed by atoms with van der Waals surface area (Å²) in [7, 11) is 1.75. The highest BCUT2D eigenvalue weighted by molar-refractivity contribution is 5.77. The number of aromatic nitrogens is 4. The second kappa shape index (κ2) is 11.0. The molecule has 0 saturated heterocycles. The smallest absolute Gasteiger partial charge is 0.224 e. The lowest BCUT2D eigenvalue weighted by Crippen LogP contribution is -2.36. The SMILES string of the molecule is COC1CCC(Nc2ncc3nc(Nc4ccc(F)cc4F)n(C4CCC(NC(C)=O)CC4)c3n2)CC1. The normalized spacial score (nSPS) is 24.1. The third-order valence-corrected chi connectivity index (χ3v) is 7.42. The van der Waals surface area contributed by atoms with Crippen LogP contribution in [0.4, 0.5) is 26.4 Å². The minimum absolute atomic E-state index is 0.0336. The van der Waals surface area contributed by atoms with Crippen LogP contribution in [0.1, 0.15) is 64.3 Å². The van der Waals surface area contributed by atoms with Gasteiger partial charge in [0.1, 0.15) is 17.2 Å². The van der Waals surface area contributed by atoms with Gasteiger partial charge in [0, 0.05) is 38.2 Å². The number of carbonyl (C=O) groups is 1. The first-order chi connectivity index (χ1) is 17.9. The lowest BCUT2D eigenvalue weighted by atomic mass is 9.91. The Labute approximate surface area is 214 Å². The minimum Gasteiger partial charge on any atom is -0.381 e. The zero-order valence-electron chi connectivity index (χ0n) is 21.1. The van der Waals surface area contributed by atoms with Crippen LogP contribution in [0.5, 0.6) is 0 Å². The number of imidazole rings is 1. The summed E-state index contributed by atoms with van der Waals surface area (Å²) in [6, 6.07) is 3.84. The van der Waals surface area contributed by atoms with Crippen molar-refractivity contribution in [2.75, 3.05) is 17.7 Å². The number of rotatable bonds is 7. The number of carbonyl (C=O) groups excluding carboxylic acids is 1. The molecule has 11 heteroatoms. The van der Waals surface area contributed by atoms with E-state index in [9.17, 15) is 13.6 Å². The number of methoxy groups -OCH3 is 1. The van der Waals surface area contributed by atoms with Crippen molar-refractivity contribution in [1.82, 2.24) is 24.8 Å². The summed E-state index contributed by atoms with van der Waals surface area (Å²) in [5, 5.41) is 9.52. The number of fused-ring (bicyclic) bond motifs is 1. The number of hydrogen-bond acceptors (Lipinski definition) is 7. The molecule has 0 atom stereocenters. The molecule has 2 aliphatic carbocycles. The van der Waals surface area contributed by atoms with E-state index >= 15 is 0 Å². The van der Waals surface area contributed by atoms with Crippen molar-refractivity contribution in [3.63, 3.8) is 0 Å². The number of nitrogens with one attached hydrogen (secondary N) is 3. The van der Waals surface area contributed by atoms with Crippen LogP contribution in [0.25, 0.3) is 11.2 Å². The monoisotopic (exact) mass is 513 g/mol. The van der Waals surface area contributed by atoms with E-state index < -0.39 is 11.6 Å². The molecular formula is C26H33F2N7O2. The number of ether oxygens (including phenoxy) is 1. The molecule has 3 N–H and O–H groups in total. The van der Waals surface area contributed by atoms with Crippen molar-refractivity contribution in [3.05, 3.63) is 36.0 Å². The molecule has 2 heterocycles. The molecule has 1 aromatic carbocycles. The van der Waals surface area contributed by atoms with Crippen LogP contribution < -0.4 is 16.0 Å². The Kier molecular flexibility index (Phi) is 7.50. The van der Waals surface area contributed by atoms with Gasteiger partial charge in [0.25, 0.3) is 0 Å². The Hall–Kier alpha value is -3.34. The Balaban J connectivity index is 1.44. The lowest BCUT2D eigenvalue weighted by molar-refractivity contribution is -0.119. The van der Waals surface area contributed by atoms with Crippen LogP contribution >= 0.6 is 0 Å². The van der Waals surface area contributed by atoms with E-state index in [1.165, 1.54) is 19.1 Å². The summed E-state index contributed by atoms with van der Waals surface area (Å²) in [5.41, 5.74) is 1.37. The Morgan fingerprint density at radius 2 is 1.76 bits per heavy atom. The Morgan fingerprint density at radius 1 is 1.03 bits per heavy atom. The molecule has 2 saturated carbocycles. The van der Waals surface area contributed by atoms with E-state index in [4.69, 9.17) is 9.72 Å². The maximum absolute atomic E-state index is 14.5. The molecule has 2 fully saturated rings. The first kappa shape index (κ1) is 25.3. The van der Waals surface area contributed by atoms with Gasteiger partial charge in [0.05, 0.1) is 18.0 Å². The summed E-state index contributed by atoms with van der Waals surface area (Å²) in [4.78, 5) is 25.5. The van der Waals surface area contributed by atoms with Gasteiger partial charge in [-0.2, -0.15) is 4.98 Å². The molecule has 0 radical (unpaired) electrons. The second-order valence-electron chi connectivity index (χ2n) is 10.0. The summed E-state index contributed by atoms with van der Waals surface area (Å²) in [5.74, 6) is -0.424. The summed E-state index contributed by atoms with van der Waals surface area (Å²) in [6.45, 7) is 1.53. The number of anilines is 3. The molecule has 0 unspecified atom stereocenters. The molecule has 0 aliphatic heterocycles. The van der Waals surface area contributed by atoms with Gasteiger partial charge in [0.15, 0.2) is 5.65 Å².